The highest BCUT2D eigenvalue weighted by Crippen LogP contribution is 2.40. The van der Waals surface area contributed by atoms with Crippen LogP contribution < -0.4 is 5.73 Å². The van der Waals surface area contributed by atoms with E-state index >= 15 is 0 Å². The van der Waals surface area contributed by atoms with Crippen LogP contribution in [0, 0.1) is 5.92 Å². The highest BCUT2D eigenvalue weighted by molar-refractivity contribution is 5.88. The second kappa shape index (κ2) is 4.33. The van der Waals surface area contributed by atoms with Crippen molar-refractivity contribution in [2.45, 2.75) is 18.4 Å². The molecule has 1 fully saturated rings. The minimum atomic E-state index is -0.214. The Kier molecular flexibility index (Phi) is 3.07. The van der Waals surface area contributed by atoms with Crippen LogP contribution in [0.1, 0.15) is 12.8 Å². The van der Waals surface area contributed by atoms with Crippen LogP contribution in [-0.2, 0) is 9.47 Å². The first-order valence-corrected chi connectivity index (χ1v) is 5.39. The Bertz CT molecular complexity index is 284. The molecule has 1 aliphatic heterocycles. The fourth-order valence-corrected chi connectivity index (χ4v) is 1.76. The van der Waals surface area contributed by atoms with Crippen LogP contribution in [0.25, 0.3) is 0 Å². The third-order valence-electron chi connectivity index (χ3n) is 2.92. The molecule has 4 heteroatoms. The van der Waals surface area contributed by atoms with Crippen LogP contribution in [0.2, 0.25) is 0 Å². The molecule has 0 bridgehead atoms. The summed E-state index contributed by atoms with van der Waals surface area (Å²) in [6.07, 6.45) is 6.39. The maximum Gasteiger partial charge on any atom is 0.208 e. The van der Waals surface area contributed by atoms with Crippen LogP contribution in [0.5, 0.6) is 0 Å². The molecule has 84 valence electrons. The van der Waals surface area contributed by atoms with Crippen molar-refractivity contribution in [3.8, 4) is 0 Å². The largest absolute Gasteiger partial charge is 0.475 e. The van der Waals surface area contributed by atoms with Crippen LogP contribution >= 0.6 is 0 Å². The second-order valence-corrected chi connectivity index (χ2v) is 4.22. The number of aliphatic imine (C=N–C) groups is 1. The Morgan fingerprint density at radius 2 is 2.33 bits per heavy atom. The van der Waals surface area contributed by atoms with Gasteiger partial charge in [-0.1, -0.05) is 6.08 Å². The van der Waals surface area contributed by atoms with E-state index in [4.69, 9.17) is 15.2 Å². The van der Waals surface area contributed by atoms with Crippen LogP contribution in [0.4, 0.5) is 0 Å². The minimum Gasteiger partial charge on any atom is -0.475 e. The zero-order valence-corrected chi connectivity index (χ0v) is 9.11. The average Bonchev–Trinajstić information content (AvgIpc) is 3.05. The molecule has 2 aliphatic rings. The van der Waals surface area contributed by atoms with Crippen molar-refractivity contribution in [2.24, 2.45) is 16.6 Å². The number of ether oxygens (including phenoxy) is 2. The Hall–Kier alpha value is -0.870. The number of nitrogens with zero attached hydrogens (tertiary/aromatic N) is 1. The van der Waals surface area contributed by atoms with E-state index in [2.05, 4.69) is 4.99 Å². The summed E-state index contributed by atoms with van der Waals surface area (Å²) in [7, 11) is 1.65. The lowest BCUT2D eigenvalue weighted by molar-refractivity contribution is 0.141. The van der Waals surface area contributed by atoms with Crippen molar-refractivity contribution in [1.29, 1.82) is 0 Å². The van der Waals surface area contributed by atoms with E-state index in [1.54, 1.807) is 7.11 Å². The summed E-state index contributed by atoms with van der Waals surface area (Å²) in [5, 5.41) is 0. The Labute approximate surface area is 90.1 Å². The zero-order valence-electron chi connectivity index (χ0n) is 9.11. The van der Waals surface area contributed by atoms with Gasteiger partial charge in [0.25, 0.3) is 0 Å². The van der Waals surface area contributed by atoms with Gasteiger partial charge in [0.1, 0.15) is 6.61 Å². The van der Waals surface area contributed by atoms with Gasteiger partial charge in [-0.15, -0.1) is 0 Å². The first-order valence-electron chi connectivity index (χ1n) is 5.39. The smallest absolute Gasteiger partial charge is 0.208 e. The topological polar surface area (TPSA) is 56.8 Å². The Morgan fingerprint density at radius 3 is 2.87 bits per heavy atom. The second-order valence-electron chi connectivity index (χ2n) is 4.22. The van der Waals surface area contributed by atoms with Gasteiger partial charge in [-0.2, -0.15) is 0 Å². The molecule has 1 atom stereocenters. The number of nitrogens with two attached hydrogens (primary N) is 1. The summed E-state index contributed by atoms with van der Waals surface area (Å²) in [4.78, 5) is 4.34. The van der Waals surface area contributed by atoms with Crippen LogP contribution in [0.15, 0.2) is 17.1 Å². The number of dihydropyridines is 1. The molecule has 1 aliphatic carbocycles. The maximum absolute atomic E-state index is 6.21. The molecule has 4 nitrogen and oxygen atoms in total. The first-order chi connectivity index (χ1) is 7.24. The molecule has 2 N–H and O–H groups in total. The molecule has 1 saturated carbocycles. The van der Waals surface area contributed by atoms with Gasteiger partial charge in [-0.3, -0.25) is 0 Å². The molecule has 15 heavy (non-hydrogen) atoms. The monoisotopic (exact) mass is 210 g/mol. The lowest BCUT2D eigenvalue weighted by Crippen LogP contribution is -2.45. The van der Waals surface area contributed by atoms with Crippen molar-refractivity contribution < 1.29 is 9.47 Å². The molecule has 0 amide bonds. The molecule has 2 rings (SSSR count). The fourth-order valence-electron chi connectivity index (χ4n) is 1.76. The van der Waals surface area contributed by atoms with E-state index < -0.39 is 0 Å². The van der Waals surface area contributed by atoms with Gasteiger partial charge >= 0.3 is 0 Å². The summed E-state index contributed by atoms with van der Waals surface area (Å²) in [6.45, 7) is 1.78. The summed E-state index contributed by atoms with van der Waals surface area (Å²) in [6, 6.07) is 0. The molecule has 1 heterocycles. The molecule has 0 aromatic carbocycles. The van der Waals surface area contributed by atoms with Gasteiger partial charge in [0.2, 0.25) is 5.90 Å². The third-order valence-corrected chi connectivity index (χ3v) is 2.92. The van der Waals surface area contributed by atoms with Crippen molar-refractivity contribution in [1.82, 2.24) is 0 Å². The molecule has 0 radical (unpaired) electrons. The van der Waals surface area contributed by atoms with Crippen molar-refractivity contribution >= 4 is 5.90 Å². The van der Waals surface area contributed by atoms with E-state index in [-0.39, 0.29) is 5.54 Å². The quantitative estimate of drug-likeness (QED) is 0.696. The molecule has 0 aromatic rings. The summed E-state index contributed by atoms with van der Waals surface area (Å²) in [5.41, 5.74) is 5.99. The zero-order chi connectivity index (χ0) is 10.7. The van der Waals surface area contributed by atoms with E-state index in [1.165, 1.54) is 12.8 Å². The lowest BCUT2D eigenvalue weighted by atomic mass is 9.93. The highest BCUT2D eigenvalue weighted by atomic mass is 16.5. The molecule has 0 aromatic heterocycles. The van der Waals surface area contributed by atoms with E-state index in [1.807, 2.05) is 12.2 Å². The Balaban J connectivity index is 1.81. The average molecular weight is 210 g/mol. The van der Waals surface area contributed by atoms with Gasteiger partial charge < -0.3 is 15.2 Å². The molecular weight excluding hydrogens is 192 g/mol. The van der Waals surface area contributed by atoms with Gasteiger partial charge in [0.05, 0.1) is 18.7 Å². The predicted molar refractivity (Wildman–Crippen MR) is 58.9 cm³/mol. The van der Waals surface area contributed by atoms with E-state index in [0.29, 0.717) is 31.6 Å². The van der Waals surface area contributed by atoms with Gasteiger partial charge in [0.15, 0.2) is 0 Å². The normalized spacial score (nSPS) is 30.1. The number of hydrogen-bond donors (Lipinski definition) is 1. The predicted octanol–water partition coefficient (Wildman–Crippen LogP) is 0.725. The summed E-state index contributed by atoms with van der Waals surface area (Å²) in [5.74, 6) is 1.30. The first kappa shape index (κ1) is 10.6. The Morgan fingerprint density at radius 1 is 1.53 bits per heavy atom. The molecule has 1 unspecified atom stereocenters. The van der Waals surface area contributed by atoms with Crippen molar-refractivity contribution in [3.05, 3.63) is 12.2 Å². The number of rotatable bonds is 4. The van der Waals surface area contributed by atoms with Gasteiger partial charge in [-0.25, -0.2) is 4.99 Å². The van der Waals surface area contributed by atoms with Crippen LogP contribution in [-0.4, -0.2) is 38.3 Å². The fraction of sp³-hybridized carbons (Fsp3) is 0.727. The minimum absolute atomic E-state index is 0.214. The maximum atomic E-state index is 6.21. The summed E-state index contributed by atoms with van der Waals surface area (Å²) < 4.78 is 10.3. The van der Waals surface area contributed by atoms with Gasteiger partial charge in [0, 0.05) is 7.11 Å². The molecular formula is C11H18N2O2. The molecule has 0 spiro atoms. The van der Waals surface area contributed by atoms with Crippen molar-refractivity contribution in [3.63, 3.8) is 0 Å². The third kappa shape index (κ3) is 2.58. The lowest BCUT2D eigenvalue weighted by Gasteiger charge is -2.26. The standard InChI is InChI=1S/C11H18N2O2/c1-14-6-7-15-10-4-5-11(12,8-13-10)9-2-3-9/h4-5,9H,2-3,6-8,12H2,1H3. The van der Waals surface area contributed by atoms with Crippen molar-refractivity contribution in [2.75, 3.05) is 26.9 Å². The highest BCUT2D eigenvalue weighted by Gasteiger charge is 2.41. The SMILES string of the molecule is COCCOC1=NCC(N)(C2CC2)C=C1. The number of hydrogen-bond acceptors (Lipinski definition) is 4. The van der Waals surface area contributed by atoms with Crippen LogP contribution in [0.3, 0.4) is 0 Å². The van der Waals surface area contributed by atoms with E-state index in [9.17, 15) is 0 Å². The number of methoxy groups -OCH3 is 1. The van der Waals surface area contributed by atoms with Gasteiger partial charge in [-0.05, 0) is 24.8 Å². The summed E-state index contributed by atoms with van der Waals surface area (Å²) >= 11 is 0. The van der Waals surface area contributed by atoms with E-state index in [0.717, 1.165) is 0 Å². The molecule has 0 saturated heterocycles.